The lowest BCUT2D eigenvalue weighted by Gasteiger charge is -2.19. The number of hydrogen-bond acceptors (Lipinski definition) is 4. The van der Waals surface area contributed by atoms with Gasteiger partial charge in [0.15, 0.2) is 0 Å². The second kappa shape index (κ2) is 7.21. The fourth-order valence-electron chi connectivity index (χ4n) is 2.66. The van der Waals surface area contributed by atoms with Gasteiger partial charge in [-0.1, -0.05) is 29.8 Å². The Kier molecular flexibility index (Phi) is 4.84. The quantitative estimate of drug-likeness (QED) is 0.854. The number of aromatic nitrogens is 1. The topological polar surface area (TPSA) is 62.4 Å². The molecule has 1 N–H and O–H groups in total. The Balaban J connectivity index is 1.90. The van der Waals surface area contributed by atoms with E-state index >= 15 is 0 Å². The summed E-state index contributed by atoms with van der Waals surface area (Å²) < 4.78 is 4.87. The highest BCUT2D eigenvalue weighted by atomic mass is 16.5. The van der Waals surface area contributed by atoms with Crippen molar-refractivity contribution in [1.29, 1.82) is 0 Å². The number of nitrogens with zero attached hydrogens (tertiary/aromatic N) is 1. The molecule has 0 fully saturated rings. The molecule has 2 aromatic rings. The van der Waals surface area contributed by atoms with Crippen LogP contribution in [0, 0.1) is 6.92 Å². The lowest BCUT2D eigenvalue weighted by molar-refractivity contribution is -0.135. The number of rotatable bonds is 4. The number of nitrogens with one attached hydrogen (secondary N) is 1. The standard InChI is InChI=1S/C20H20N2O3/c1-3-25-19(23)11-17-10-16-8-9-22(13-18(16)20(24)21-17)12-15-6-4-14(2)5-7-15/h4-11,13H,3,12H2,1-2H3,(H,21,24)/b17-11+. The lowest BCUT2D eigenvalue weighted by Crippen LogP contribution is -2.38. The molecule has 5 heteroatoms. The van der Waals surface area contributed by atoms with Gasteiger partial charge >= 0.3 is 5.97 Å². The van der Waals surface area contributed by atoms with E-state index < -0.39 is 5.97 Å². The average molecular weight is 336 g/mol. The molecule has 1 aromatic carbocycles. The number of ether oxygens (including phenoxy) is 1. The molecule has 0 atom stereocenters. The smallest absolute Gasteiger partial charge is 0.332 e. The molecule has 0 aliphatic carbocycles. The van der Waals surface area contributed by atoms with Crippen LogP contribution >= 0.6 is 0 Å². The first kappa shape index (κ1) is 16.8. The Bertz CT molecular complexity index is 985. The van der Waals surface area contributed by atoms with Crippen molar-refractivity contribution in [2.24, 2.45) is 0 Å². The van der Waals surface area contributed by atoms with Gasteiger partial charge in [0.1, 0.15) is 0 Å². The lowest BCUT2D eigenvalue weighted by atomic mass is 10.1. The van der Waals surface area contributed by atoms with E-state index in [-0.39, 0.29) is 5.56 Å². The first-order valence-corrected chi connectivity index (χ1v) is 8.18. The molecule has 1 aliphatic heterocycles. The zero-order chi connectivity index (χ0) is 17.8. The Morgan fingerprint density at radius 1 is 1.28 bits per heavy atom. The van der Waals surface area contributed by atoms with Crippen molar-refractivity contribution in [2.75, 3.05) is 6.61 Å². The molecule has 0 bridgehead atoms. The minimum Gasteiger partial charge on any atom is -0.463 e. The molecule has 0 unspecified atom stereocenters. The minimum atomic E-state index is -0.470. The zero-order valence-electron chi connectivity index (χ0n) is 14.3. The van der Waals surface area contributed by atoms with Gasteiger partial charge in [-0.2, -0.15) is 0 Å². The number of H-pyrrole nitrogens is 1. The van der Waals surface area contributed by atoms with Gasteiger partial charge in [-0.05, 0) is 37.1 Å². The average Bonchev–Trinajstić information content (AvgIpc) is 2.58. The molecule has 25 heavy (non-hydrogen) atoms. The molecule has 0 saturated heterocycles. The number of aromatic amines is 1. The number of carbonyl (C=O) groups is 1. The number of aryl methyl sites for hydroxylation is 1. The molecule has 0 saturated carbocycles. The highest BCUT2D eigenvalue weighted by Gasteiger charge is 2.07. The Morgan fingerprint density at radius 2 is 2.04 bits per heavy atom. The summed E-state index contributed by atoms with van der Waals surface area (Å²) in [7, 11) is 0. The third-order valence-electron chi connectivity index (χ3n) is 3.91. The molecule has 0 spiro atoms. The summed E-state index contributed by atoms with van der Waals surface area (Å²) in [5.74, 6) is -0.470. The Hall–Kier alpha value is -3.08. The van der Waals surface area contributed by atoms with Crippen molar-refractivity contribution < 1.29 is 9.53 Å². The first-order chi connectivity index (χ1) is 12.0. The molecule has 3 rings (SSSR count). The van der Waals surface area contributed by atoms with E-state index in [1.165, 1.54) is 17.2 Å². The molecular weight excluding hydrogens is 316 g/mol. The Labute approximate surface area is 145 Å². The Morgan fingerprint density at radius 3 is 2.76 bits per heavy atom. The van der Waals surface area contributed by atoms with E-state index in [1.807, 2.05) is 23.4 Å². The number of carbonyl (C=O) groups excluding carboxylic acids is 1. The van der Waals surface area contributed by atoms with Crippen LogP contribution < -0.4 is 16.1 Å². The molecule has 128 valence electrons. The maximum atomic E-state index is 12.3. The van der Waals surface area contributed by atoms with E-state index in [0.29, 0.717) is 23.7 Å². The fourth-order valence-corrected chi connectivity index (χ4v) is 2.66. The second-order valence-electron chi connectivity index (χ2n) is 5.92. The van der Waals surface area contributed by atoms with Crippen molar-refractivity contribution in [3.8, 4) is 0 Å². The predicted molar refractivity (Wildman–Crippen MR) is 97.6 cm³/mol. The summed E-state index contributed by atoms with van der Waals surface area (Å²) in [5, 5.41) is 1.02. The van der Waals surface area contributed by atoms with Gasteiger partial charge in [-0.3, -0.25) is 4.79 Å². The van der Waals surface area contributed by atoms with Crippen molar-refractivity contribution >= 4 is 24.3 Å². The molecule has 1 aromatic heterocycles. The number of esters is 1. The molecule has 1 aliphatic rings. The highest BCUT2D eigenvalue weighted by molar-refractivity contribution is 5.99. The first-order valence-electron chi connectivity index (χ1n) is 8.18. The van der Waals surface area contributed by atoms with Gasteiger partial charge in [-0.15, -0.1) is 0 Å². The van der Waals surface area contributed by atoms with Gasteiger partial charge < -0.3 is 14.6 Å². The number of hydrogen-bond donors (Lipinski definition) is 1. The summed E-state index contributed by atoms with van der Waals surface area (Å²) >= 11 is 0. The van der Waals surface area contributed by atoms with Gasteiger partial charge in [0.25, 0.3) is 5.56 Å². The summed E-state index contributed by atoms with van der Waals surface area (Å²) in [6, 6.07) is 10.1. The van der Waals surface area contributed by atoms with Gasteiger partial charge in [-0.25, -0.2) is 4.79 Å². The largest absolute Gasteiger partial charge is 0.463 e. The molecule has 0 amide bonds. The van der Waals surface area contributed by atoms with E-state index in [9.17, 15) is 9.59 Å². The maximum absolute atomic E-state index is 12.3. The summed E-state index contributed by atoms with van der Waals surface area (Å²) in [5.41, 5.74) is 2.93. The van der Waals surface area contributed by atoms with Crippen LogP contribution in [0.25, 0.3) is 18.4 Å². The van der Waals surface area contributed by atoms with Gasteiger partial charge in [0, 0.05) is 30.4 Å². The predicted octanol–water partition coefficient (Wildman–Crippen LogP) is 1.25. The molecule has 2 heterocycles. The van der Waals surface area contributed by atoms with Crippen LogP contribution in [0.5, 0.6) is 0 Å². The van der Waals surface area contributed by atoms with Crippen LogP contribution in [0.3, 0.4) is 0 Å². The third kappa shape index (κ3) is 4.07. The fraction of sp³-hybridized carbons (Fsp3) is 0.200. The van der Waals surface area contributed by atoms with E-state index in [1.54, 1.807) is 13.0 Å². The van der Waals surface area contributed by atoms with E-state index in [2.05, 4.69) is 36.2 Å². The molecular formula is C20H20N2O3. The normalized spacial score (nSPS) is 13.4. The van der Waals surface area contributed by atoms with Crippen LogP contribution in [0.4, 0.5) is 0 Å². The molecule has 0 radical (unpaired) electrons. The maximum Gasteiger partial charge on any atom is 0.332 e. The number of benzene rings is 1. The van der Waals surface area contributed by atoms with Crippen LogP contribution in [-0.4, -0.2) is 22.5 Å². The summed E-state index contributed by atoms with van der Waals surface area (Å²) in [6.07, 6.45) is 6.91. The zero-order valence-corrected chi connectivity index (χ0v) is 14.3. The van der Waals surface area contributed by atoms with Gasteiger partial charge in [0.2, 0.25) is 0 Å². The molecule has 5 nitrogen and oxygen atoms in total. The SMILES string of the molecule is CCOC(=O)/C=c1\cc2c(c(=O)[nH]1)=CN(Cc1ccc(C)cc1)C=C2. The van der Waals surface area contributed by atoms with Crippen LogP contribution in [0.1, 0.15) is 23.6 Å². The summed E-state index contributed by atoms with van der Waals surface area (Å²) in [6.45, 7) is 4.78. The number of pyridine rings is 1. The van der Waals surface area contributed by atoms with Crippen LogP contribution in [0.2, 0.25) is 0 Å². The van der Waals surface area contributed by atoms with Gasteiger partial charge in [0.05, 0.1) is 11.8 Å². The van der Waals surface area contributed by atoms with Crippen molar-refractivity contribution in [1.82, 2.24) is 9.88 Å². The second-order valence-corrected chi connectivity index (χ2v) is 5.92. The van der Waals surface area contributed by atoms with Crippen molar-refractivity contribution in [3.05, 3.63) is 74.1 Å². The van der Waals surface area contributed by atoms with Crippen molar-refractivity contribution in [3.63, 3.8) is 0 Å². The van der Waals surface area contributed by atoms with Crippen LogP contribution in [0.15, 0.2) is 41.3 Å². The summed E-state index contributed by atoms with van der Waals surface area (Å²) in [4.78, 5) is 28.6. The minimum absolute atomic E-state index is 0.230. The van der Waals surface area contributed by atoms with Crippen LogP contribution in [-0.2, 0) is 16.1 Å². The monoisotopic (exact) mass is 336 g/mol. The van der Waals surface area contributed by atoms with E-state index in [4.69, 9.17) is 4.74 Å². The van der Waals surface area contributed by atoms with E-state index in [0.717, 1.165) is 5.56 Å². The number of fused-ring (bicyclic) bond motifs is 1. The third-order valence-corrected chi connectivity index (χ3v) is 3.91. The highest BCUT2D eigenvalue weighted by Crippen LogP contribution is 2.10. The van der Waals surface area contributed by atoms with Crippen molar-refractivity contribution in [2.45, 2.75) is 20.4 Å².